The van der Waals surface area contributed by atoms with Crippen molar-refractivity contribution >= 4 is 17.5 Å². The van der Waals surface area contributed by atoms with Crippen molar-refractivity contribution in [2.75, 3.05) is 5.32 Å². The molecule has 1 aliphatic rings. The van der Waals surface area contributed by atoms with E-state index in [2.05, 4.69) is 15.7 Å². The number of hydrogen-bond acceptors (Lipinski definition) is 4. The molecule has 1 aliphatic carbocycles. The Bertz CT molecular complexity index is 1340. The number of anilines is 1. The van der Waals surface area contributed by atoms with E-state index in [4.69, 9.17) is 0 Å². The summed E-state index contributed by atoms with van der Waals surface area (Å²) in [6.45, 7) is 1.58. The summed E-state index contributed by atoms with van der Waals surface area (Å²) in [5.74, 6) is -0.770. The minimum absolute atomic E-state index is 0.0139. The van der Waals surface area contributed by atoms with Crippen LogP contribution in [-0.4, -0.2) is 21.6 Å². The van der Waals surface area contributed by atoms with Crippen molar-refractivity contribution in [3.63, 3.8) is 0 Å². The maximum Gasteiger partial charge on any atom is 0.416 e. The van der Waals surface area contributed by atoms with Gasteiger partial charge in [0, 0.05) is 29.9 Å². The Morgan fingerprint density at radius 1 is 1.06 bits per heavy atom. The molecule has 36 heavy (non-hydrogen) atoms. The second kappa shape index (κ2) is 10.3. The largest absolute Gasteiger partial charge is 0.416 e. The second-order valence-corrected chi connectivity index (χ2v) is 8.81. The molecule has 3 aromatic rings. The number of aromatic nitrogens is 2. The Kier molecular flexibility index (Phi) is 7.23. The minimum atomic E-state index is -4.55. The van der Waals surface area contributed by atoms with Gasteiger partial charge in [-0.25, -0.2) is 4.68 Å². The van der Waals surface area contributed by atoms with E-state index in [-0.39, 0.29) is 29.8 Å². The highest BCUT2D eigenvalue weighted by molar-refractivity contribution is 5.93. The molecule has 0 radical (unpaired) electrons. The predicted octanol–water partition coefficient (Wildman–Crippen LogP) is 4.62. The zero-order chi connectivity index (χ0) is 25.9. The number of amides is 2. The monoisotopic (exact) mass is 498 g/mol. The lowest BCUT2D eigenvalue weighted by Crippen LogP contribution is -2.31. The van der Waals surface area contributed by atoms with Crippen molar-refractivity contribution in [3.8, 4) is 5.69 Å². The first-order valence-electron chi connectivity index (χ1n) is 11.6. The fourth-order valence-corrected chi connectivity index (χ4v) is 4.24. The molecular weight excluding hydrogens is 473 g/mol. The standard InChI is InChI=1S/C26H25F3N4O3/c1-16-12-22(34)23(32-33(16)21-11-5-9-19(14-21)26(27,28)29)25(36)30-15-17-6-4-10-20(13-17)31-24(35)18-7-2-3-8-18/h4-6,9-14,18H,2-3,7-8,15H2,1H3,(H,30,36)(H,31,35). The summed E-state index contributed by atoms with van der Waals surface area (Å²) in [5, 5.41) is 9.57. The van der Waals surface area contributed by atoms with Gasteiger partial charge in [-0.1, -0.05) is 31.0 Å². The summed E-state index contributed by atoms with van der Waals surface area (Å²) in [6.07, 6.45) is -0.695. The number of carbonyl (C=O) groups excluding carboxylic acids is 2. The molecule has 1 fully saturated rings. The lowest BCUT2D eigenvalue weighted by molar-refractivity contribution is -0.137. The zero-order valence-electron chi connectivity index (χ0n) is 19.6. The van der Waals surface area contributed by atoms with Gasteiger partial charge in [-0.2, -0.15) is 18.3 Å². The molecule has 7 nitrogen and oxygen atoms in total. The number of halogens is 3. The predicted molar refractivity (Wildman–Crippen MR) is 128 cm³/mol. The van der Waals surface area contributed by atoms with Gasteiger partial charge >= 0.3 is 6.18 Å². The van der Waals surface area contributed by atoms with Crippen LogP contribution in [0.1, 0.15) is 53.0 Å². The molecular formula is C26H25F3N4O3. The van der Waals surface area contributed by atoms with Crippen LogP contribution in [0.15, 0.2) is 59.4 Å². The van der Waals surface area contributed by atoms with Crippen molar-refractivity contribution in [2.45, 2.75) is 45.3 Å². The fraction of sp³-hybridized carbons (Fsp3) is 0.308. The molecule has 0 unspecified atom stereocenters. The van der Waals surface area contributed by atoms with E-state index in [1.54, 1.807) is 24.3 Å². The summed E-state index contributed by atoms with van der Waals surface area (Å²) < 4.78 is 40.5. The van der Waals surface area contributed by atoms with Crippen molar-refractivity contribution in [2.24, 2.45) is 5.92 Å². The lowest BCUT2D eigenvalue weighted by atomic mass is 10.1. The van der Waals surface area contributed by atoms with Gasteiger partial charge in [0.15, 0.2) is 5.69 Å². The molecule has 0 aliphatic heterocycles. The van der Waals surface area contributed by atoms with Gasteiger partial charge in [0.25, 0.3) is 5.91 Å². The average Bonchev–Trinajstić information content (AvgIpc) is 3.38. The van der Waals surface area contributed by atoms with Crippen LogP contribution in [0.3, 0.4) is 0 Å². The van der Waals surface area contributed by atoms with E-state index < -0.39 is 28.8 Å². The third-order valence-electron chi connectivity index (χ3n) is 6.11. The molecule has 2 N–H and O–H groups in total. The van der Waals surface area contributed by atoms with Gasteiger partial charge in [-0.15, -0.1) is 0 Å². The normalized spacial score (nSPS) is 14.0. The van der Waals surface area contributed by atoms with E-state index in [0.29, 0.717) is 11.3 Å². The molecule has 1 aromatic heterocycles. The minimum Gasteiger partial charge on any atom is -0.346 e. The number of alkyl halides is 3. The second-order valence-electron chi connectivity index (χ2n) is 8.81. The van der Waals surface area contributed by atoms with Gasteiger partial charge in [-0.3, -0.25) is 14.4 Å². The summed E-state index contributed by atoms with van der Waals surface area (Å²) >= 11 is 0. The van der Waals surface area contributed by atoms with Crippen LogP contribution >= 0.6 is 0 Å². The quantitative estimate of drug-likeness (QED) is 0.519. The molecule has 188 valence electrons. The first-order chi connectivity index (χ1) is 17.1. The van der Waals surface area contributed by atoms with Crippen LogP contribution in [0.25, 0.3) is 5.69 Å². The summed E-state index contributed by atoms with van der Waals surface area (Å²) in [6, 6.07) is 12.6. The number of carbonyl (C=O) groups is 2. The van der Waals surface area contributed by atoms with Gasteiger partial charge in [0.1, 0.15) is 0 Å². The van der Waals surface area contributed by atoms with Crippen molar-refractivity contribution < 1.29 is 22.8 Å². The molecule has 0 atom stereocenters. The number of rotatable bonds is 6. The third kappa shape index (κ3) is 5.81. The molecule has 0 saturated heterocycles. The number of nitrogens with zero attached hydrogens (tertiary/aromatic N) is 2. The Morgan fingerprint density at radius 2 is 1.78 bits per heavy atom. The number of nitrogens with one attached hydrogen (secondary N) is 2. The van der Waals surface area contributed by atoms with E-state index in [9.17, 15) is 27.6 Å². The SMILES string of the molecule is Cc1cc(=O)c(C(=O)NCc2cccc(NC(=O)C3CCCC3)c2)nn1-c1cccc(C(F)(F)F)c1. The number of benzene rings is 2. The molecule has 2 amide bonds. The molecule has 0 bridgehead atoms. The maximum atomic E-state index is 13.1. The van der Waals surface area contributed by atoms with Gasteiger partial charge < -0.3 is 10.6 Å². The Morgan fingerprint density at radius 3 is 2.50 bits per heavy atom. The van der Waals surface area contributed by atoms with Crippen LogP contribution in [0.4, 0.5) is 18.9 Å². The average molecular weight is 499 g/mol. The first-order valence-corrected chi connectivity index (χ1v) is 11.6. The summed E-state index contributed by atoms with van der Waals surface area (Å²) in [4.78, 5) is 37.6. The number of hydrogen-bond donors (Lipinski definition) is 2. The van der Waals surface area contributed by atoms with E-state index in [0.717, 1.165) is 48.6 Å². The Balaban J connectivity index is 1.49. The lowest BCUT2D eigenvalue weighted by Gasteiger charge is -2.14. The highest BCUT2D eigenvalue weighted by Gasteiger charge is 2.30. The van der Waals surface area contributed by atoms with Gasteiger partial charge in [0.2, 0.25) is 11.3 Å². The zero-order valence-corrected chi connectivity index (χ0v) is 19.6. The summed E-state index contributed by atoms with van der Waals surface area (Å²) in [5.41, 5.74) is -0.305. The molecule has 1 saturated carbocycles. The Labute approximate surface area is 205 Å². The van der Waals surface area contributed by atoms with Crippen molar-refractivity contribution in [1.82, 2.24) is 15.1 Å². The third-order valence-corrected chi connectivity index (χ3v) is 6.11. The molecule has 4 rings (SSSR count). The first kappa shape index (κ1) is 25.2. The van der Waals surface area contributed by atoms with Crippen molar-refractivity contribution in [3.05, 3.63) is 87.3 Å². The van der Waals surface area contributed by atoms with Crippen LogP contribution in [0, 0.1) is 12.8 Å². The van der Waals surface area contributed by atoms with Crippen LogP contribution < -0.4 is 16.1 Å². The van der Waals surface area contributed by atoms with Gasteiger partial charge in [0.05, 0.1) is 11.3 Å². The molecule has 0 spiro atoms. The van der Waals surface area contributed by atoms with E-state index >= 15 is 0 Å². The molecule has 2 aromatic carbocycles. The van der Waals surface area contributed by atoms with Crippen molar-refractivity contribution in [1.29, 1.82) is 0 Å². The van der Waals surface area contributed by atoms with Crippen LogP contribution in [0.2, 0.25) is 0 Å². The van der Waals surface area contributed by atoms with Crippen LogP contribution in [-0.2, 0) is 17.5 Å². The topological polar surface area (TPSA) is 93.1 Å². The van der Waals surface area contributed by atoms with E-state index in [1.807, 2.05) is 0 Å². The smallest absolute Gasteiger partial charge is 0.346 e. The number of aryl methyl sites for hydroxylation is 1. The highest BCUT2D eigenvalue weighted by atomic mass is 19.4. The fourth-order valence-electron chi connectivity index (χ4n) is 4.24. The maximum absolute atomic E-state index is 13.1. The summed E-state index contributed by atoms with van der Waals surface area (Å²) in [7, 11) is 0. The molecule has 1 heterocycles. The highest BCUT2D eigenvalue weighted by Crippen LogP contribution is 2.30. The van der Waals surface area contributed by atoms with Crippen LogP contribution in [0.5, 0.6) is 0 Å². The molecule has 10 heteroatoms. The Hall–Kier alpha value is -3.95. The van der Waals surface area contributed by atoms with Gasteiger partial charge in [-0.05, 0) is 55.7 Å². The van der Waals surface area contributed by atoms with E-state index in [1.165, 1.54) is 19.1 Å².